The Labute approximate surface area is 302 Å². The van der Waals surface area contributed by atoms with Crippen LogP contribution in [0.3, 0.4) is 0 Å². The van der Waals surface area contributed by atoms with Crippen molar-refractivity contribution >= 4 is 79.5 Å². The number of nitrogens with zero attached hydrogens (tertiary/aromatic N) is 1. The lowest BCUT2D eigenvalue weighted by Gasteiger charge is -2.17. The second kappa shape index (κ2) is 16.3. The molecule has 1 heterocycles. The molecule has 8 nitrogen and oxygen atoms in total. The van der Waals surface area contributed by atoms with E-state index in [0.717, 1.165) is 26.4 Å². The van der Waals surface area contributed by atoms with Crippen LogP contribution in [0.1, 0.15) is 33.7 Å². The summed E-state index contributed by atoms with van der Waals surface area (Å²) in [6, 6.07) is 37.9. The van der Waals surface area contributed by atoms with Crippen LogP contribution in [0, 0.1) is 0 Å². The third-order valence-electron chi connectivity index (χ3n) is 7.30. The number of fused-ring (bicyclic) bond motifs is 1. The highest BCUT2D eigenvalue weighted by atomic mass is 35.5. The standard InChI is InChI=1S/C39H31ClN4O4S2/c1-2-48-30-20-21-32-34(24-30)50-39(43-32)44-38(47)35(26-10-5-3-6-11-26)49-31-15-9-14-29(23-31)41-37(46)33(22-25-16-18-28(40)19-17-25)42-36(45)27-12-7-4-8-13-27/h3-24,35H,2H2,1H3,(H,41,46)(H,42,45)(H,43,44,47)/b33-22-. The summed E-state index contributed by atoms with van der Waals surface area (Å²) in [5, 5.41) is 9.06. The molecular formula is C39H31ClN4O4S2. The van der Waals surface area contributed by atoms with E-state index >= 15 is 0 Å². The predicted molar refractivity (Wildman–Crippen MR) is 203 cm³/mol. The summed E-state index contributed by atoms with van der Waals surface area (Å²) in [4.78, 5) is 45.9. The van der Waals surface area contributed by atoms with Crippen LogP contribution in [0.4, 0.5) is 10.8 Å². The SMILES string of the molecule is CCOc1ccc2nc(NC(=O)C(Sc3cccc(NC(=O)/C(=C/c4ccc(Cl)cc4)NC(=O)c4ccccc4)c3)c3ccccc3)sc2c1. The first-order valence-corrected chi connectivity index (χ1v) is 17.7. The number of hydrogen-bond donors (Lipinski definition) is 3. The van der Waals surface area contributed by atoms with Crippen molar-refractivity contribution in [3.8, 4) is 5.75 Å². The van der Waals surface area contributed by atoms with E-state index < -0.39 is 17.1 Å². The number of carbonyl (C=O) groups is 3. The van der Waals surface area contributed by atoms with Gasteiger partial charge in [0, 0.05) is 21.2 Å². The van der Waals surface area contributed by atoms with Gasteiger partial charge in [0.25, 0.3) is 11.8 Å². The topological polar surface area (TPSA) is 109 Å². The molecule has 0 spiro atoms. The minimum Gasteiger partial charge on any atom is -0.494 e. The quantitative estimate of drug-likeness (QED) is 0.0860. The van der Waals surface area contributed by atoms with E-state index in [1.54, 1.807) is 72.8 Å². The fourth-order valence-corrected chi connectivity index (χ4v) is 7.04. The fourth-order valence-electron chi connectivity index (χ4n) is 4.94. The Morgan fingerprint density at radius 2 is 1.60 bits per heavy atom. The van der Waals surface area contributed by atoms with Gasteiger partial charge in [0.2, 0.25) is 5.91 Å². The molecule has 11 heteroatoms. The van der Waals surface area contributed by atoms with E-state index in [-0.39, 0.29) is 11.6 Å². The van der Waals surface area contributed by atoms with Gasteiger partial charge >= 0.3 is 0 Å². The molecule has 0 saturated carbocycles. The van der Waals surface area contributed by atoms with Gasteiger partial charge in [-0.15, -0.1) is 11.8 Å². The van der Waals surface area contributed by atoms with Gasteiger partial charge in [-0.3, -0.25) is 14.4 Å². The summed E-state index contributed by atoms with van der Waals surface area (Å²) in [6.45, 7) is 2.48. The number of thiazole rings is 1. The molecule has 1 aromatic heterocycles. The molecule has 250 valence electrons. The van der Waals surface area contributed by atoms with Crippen molar-refractivity contribution in [3.63, 3.8) is 0 Å². The number of hydrogen-bond acceptors (Lipinski definition) is 7. The van der Waals surface area contributed by atoms with Gasteiger partial charge in [-0.2, -0.15) is 0 Å². The summed E-state index contributed by atoms with van der Waals surface area (Å²) < 4.78 is 6.52. The van der Waals surface area contributed by atoms with Gasteiger partial charge in [-0.05, 0) is 84.8 Å². The van der Waals surface area contributed by atoms with Crippen molar-refractivity contribution in [1.29, 1.82) is 0 Å². The van der Waals surface area contributed by atoms with E-state index in [1.165, 1.54) is 23.1 Å². The maximum absolute atomic E-state index is 13.8. The average molecular weight is 719 g/mol. The van der Waals surface area contributed by atoms with E-state index in [9.17, 15) is 14.4 Å². The number of carbonyl (C=O) groups excluding carboxylic acids is 3. The Morgan fingerprint density at radius 3 is 2.34 bits per heavy atom. The molecule has 0 aliphatic rings. The third kappa shape index (κ3) is 8.97. The van der Waals surface area contributed by atoms with Gasteiger partial charge in [-0.1, -0.05) is 89.7 Å². The molecule has 0 bridgehead atoms. The van der Waals surface area contributed by atoms with E-state index in [1.807, 2.05) is 67.6 Å². The van der Waals surface area contributed by atoms with E-state index in [0.29, 0.717) is 33.6 Å². The van der Waals surface area contributed by atoms with Crippen LogP contribution < -0.4 is 20.7 Å². The van der Waals surface area contributed by atoms with Crippen LogP contribution in [-0.2, 0) is 9.59 Å². The Hall–Kier alpha value is -5.42. The summed E-state index contributed by atoms with van der Waals surface area (Å²) in [5.74, 6) is -0.439. The van der Waals surface area contributed by atoms with Crippen molar-refractivity contribution in [3.05, 3.63) is 155 Å². The van der Waals surface area contributed by atoms with Gasteiger partial charge in [0.05, 0.1) is 16.8 Å². The van der Waals surface area contributed by atoms with Crippen molar-refractivity contribution in [2.24, 2.45) is 0 Å². The number of nitrogens with one attached hydrogen (secondary N) is 3. The zero-order valence-electron chi connectivity index (χ0n) is 26.8. The number of halogens is 1. The highest BCUT2D eigenvalue weighted by molar-refractivity contribution is 8.00. The van der Waals surface area contributed by atoms with Crippen LogP contribution >= 0.6 is 34.7 Å². The number of aromatic nitrogens is 1. The first-order chi connectivity index (χ1) is 24.3. The molecule has 1 unspecified atom stereocenters. The molecule has 0 radical (unpaired) electrons. The molecule has 3 amide bonds. The molecular weight excluding hydrogens is 688 g/mol. The number of amides is 3. The number of benzene rings is 5. The zero-order valence-corrected chi connectivity index (χ0v) is 29.1. The van der Waals surface area contributed by atoms with Crippen LogP contribution in [-0.4, -0.2) is 29.3 Å². The molecule has 50 heavy (non-hydrogen) atoms. The van der Waals surface area contributed by atoms with Gasteiger partial charge in [-0.25, -0.2) is 4.98 Å². The summed E-state index contributed by atoms with van der Waals surface area (Å²) in [5.41, 5.74) is 3.19. The lowest BCUT2D eigenvalue weighted by atomic mass is 10.1. The zero-order chi connectivity index (χ0) is 34.9. The summed E-state index contributed by atoms with van der Waals surface area (Å²) in [7, 11) is 0. The van der Waals surface area contributed by atoms with Crippen molar-refractivity contribution in [1.82, 2.24) is 10.3 Å². The molecule has 0 aliphatic carbocycles. The van der Waals surface area contributed by atoms with Crippen LogP contribution in [0.15, 0.2) is 138 Å². The number of rotatable bonds is 12. The van der Waals surface area contributed by atoms with E-state index in [2.05, 4.69) is 20.9 Å². The average Bonchev–Trinajstić information content (AvgIpc) is 3.53. The molecule has 0 fully saturated rings. The fraction of sp³-hybridized carbons (Fsp3) is 0.0769. The van der Waals surface area contributed by atoms with Crippen LogP contribution in [0.25, 0.3) is 16.3 Å². The Kier molecular flexibility index (Phi) is 11.2. The maximum Gasteiger partial charge on any atom is 0.272 e. The first-order valence-electron chi connectivity index (χ1n) is 15.7. The second-order valence-corrected chi connectivity index (χ2v) is 13.5. The van der Waals surface area contributed by atoms with Crippen LogP contribution in [0.2, 0.25) is 5.02 Å². The lowest BCUT2D eigenvalue weighted by molar-refractivity contribution is -0.116. The number of thioether (sulfide) groups is 1. The third-order valence-corrected chi connectivity index (χ3v) is 9.73. The van der Waals surface area contributed by atoms with Gasteiger partial charge in [0.15, 0.2) is 5.13 Å². The van der Waals surface area contributed by atoms with Crippen LogP contribution in [0.5, 0.6) is 5.75 Å². The first kappa shape index (κ1) is 34.4. The highest BCUT2D eigenvalue weighted by Gasteiger charge is 2.24. The monoisotopic (exact) mass is 718 g/mol. The Balaban J connectivity index is 1.22. The molecule has 0 aliphatic heterocycles. The van der Waals surface area contributed by atoms with E-state index in [4.69, 9.17) is 16.3 Å². The highest BCUT2D eigenvalue weighted by Crippen LogP contribution is 2.38. The van der Waals surface area contributed by atoms with Gasteiger partial charge < -0.3 is 20.7 Å². The minimum absolute atomic E-state index is 0.0463. The van der Waals surface area contributed by atoms with Gasteiger partial charge in [0.1, 0.15) is 16.7 Å². The van der Waals surface area contributed by atoms with Crippen molar-refractivity contribution < 1.29 is 19.1 Å². The predicted octanol–water partition coefficient (Wildman–Crippen LogP) is 9.23. The number of anilines is 2. The minimum atomic E-state index is -0.626. The molecule has 0 saturated heterocycles. The molecule has 6 aromatic rings. The second-order valence-electron chi connectivity index (χ2n) is 10.9. The Morgan fingerprint density at radius 1 is 0.860 bits per heavy atom. The lowest BCUT2D eigenvalue weighted by Crippen LogP contribution is -2.30. The van der Waals surface area contributed by atoms with Crippen molar-refractivity contribution in [2.75, 3.05) is 17.2 Å². The molecule has 3 N–H and O–H groups in total. The molecule has 1 atom stereocenters. The molecule has 6 rings (SSSR count). The normalized spacial score (nSPS) is 11.8. The maximum atomic E-state index is 13.8. The Bertz CT molecular complexity index is 2160. The summed E-state index contributed by atoms with van der Waals surface area (Å²) >= 11 is 8.78. The smallest absolute Gasteiger partial charge is 0.272 e. The largest absolute Gasteiger partial charge is 0.494 e. The molecule has 5 aromatic carbocycles. The number of ether oxygens (including phenoxy) is 1. The summed E-state index contributed by atoms with van der Waals surface area (Å²) in [6.07, 6.45) is 1.58. The van der Waals surface area contributed by atoms with Crippen molar-refractivity contribution in [2.45, 2.75) is 17.1 Å².